The van der Waals surface area contributed by atoms with Crippen molar-refractivity contribution >= 4 is 5.97 Å². The summed E-state index contributed by atoms with van der Waals surface area (Å²) in [6, 6.07) is -0.734. The molecule has 0 aromatic carbocycles. The van der Waals surface area contributed by atoms with Gasteiger partial charge in [0.1, 0.15) is 6.04 Å². The molecule has 2 N–H and O–H groups in total. The SMILES string of the molecule is CC1CCN(C(C(=O)O)C(C)O)CC1. The Hall–Kier alpha value is -0.610. The second kappa shape index (κ2) is 4.75. The average Bonchev–Trinajstić information content (AvgIpc) is 2.07. The van der Waals surface area contributed by atoms with Gasteiger partial charge in [-0.05, 0) is 38.8 Å². The van der Waals surface area contributed by atoms with Gasteiger partial charge >= 0.3 is 5.97 Å². The van der Waals surface area contributed by atoms with Crippen molar-refractivity contribution in [1.29, 1.82) is 0 Å². The van der Waals surface area contributed by atoms with E-state index in [1.165, 1.54) is 6.92 Å². The van der Waals surface area contributed by atoms with Crippen molar-refractivity contribution in [3.8, 4) is 0 Å². The number of piperidine rings is 1. The first kappa shape index (κ1) is 11.5. The van der Waals surface area contributed by atoms with Crippen molar-refractivity contribution < 1.29 is 15.0 Å². The first-order valence-corrected chi connectivity index (χ1v) is 5.17. The Kier molecular flexibility index (Phi) is 3.89. The minimum atomic E-state index is -0.922. The lowest BCUT2D eigenvalue weighted by molar-refractivity contribution is -0.148. The Bertz CT molecular complexity index is 198. The molecule has 0 aliphatic carbocycles. The lowest BCUT2D eigenvalue weighted by atomic mass is 9.97. The van der Waals surface area contributed by atoms with Crippen LogP contribution in [-0.2, 0) is 4.79 Å². The molecule has 0 spiro atoms. The van der Waals surface area contributed by atoms with E-state index < -0.39 is 18.1 Å². The third-order valence-corrected chi connectivity index (χ3v) is 2.92. The number of aliphatic hydroxyl groups excluding tert-OH is 1. The molecule has 4 heteroatoms. The maximum absolute atomic E-state index is 10.9. The molecule has 0 saturated carbocycles. The topological polar surface area (TPSA) is 60.8 Å². The van der Waals surface area contributed by atoms with E-state index in [2.05, 4.69) is 6.92 Å². The van der Waals surface area contributed by atoms with Crippen LogP contribution >= 0.6 is 0 Å². The molecule has 14 heavy (non-hydrogen) atoms. The number of aliphatic hydroxyl groups is 1. The van der Waals surface area contributed by atoms with Crippen LogP contribution in [0.2, 0.25) is 0 Å². The zero-order chi connectivity index (χ0) is 10.7. The zero-order valence-electron chi connectivity index (χ0n) is 8.81. The van der Waals surface area contributed by atoms with Crippen molar-refractivity contribution in [3.63, 3.8) is 0 Å². The summed E-state index contributed by atoms with van der Waals surface area (Å²) in [5.41, 5.74) is 0. The molecule has 1 fully saturated rings. The highest BCUT2D eigenvalue weighted by atomic mass is 16.4. The molecule has 2 atom stereocenters. The lowest BCUT2D eigenvalue weighted by Crippen LogP contribution is -2.50. The molecule has 1 saturated heterocycles. The smallest absolute Gasteiger partial charge is 0.323 e. The van der Waals surface area contributed by atoms with Crippen molar-refractivity contribution in [2.45, 2.75) is 38.8 Å². The number of carboxylic acid groups (broad SMARTS) is 1. The summed E-state index contributed by atoms with van der Waals surface area (Å²) in [5.74, 6) is -0.246. The monoisotopic (exact) mass is 201 g/mol. The highest BCUT2D eigenvalue weighted by Crippen LogP contribution is 2.19. The number of hydrogen-bond acceptors (Lipinski definition) is 3. The summed E-state index contributed by atoms with van der Waals surface area (Å²) in [5, 5.41) is 18.3. The van der Waals surface area contributed by atoms with E-state index in [1.807, 2.05) is 4.90 Å². The fourth-order valence-electron chi connectivity index (χ4n) is 1.97. The molecular formula is C10H19NO3. The maximum atomic E-state index is 10.9. The number of rotatable bonds is 3. The third kappa shape index (κ3) is 2.69. The van der Waals surface area contributed by atoms with Crippen LogP contribution in [0.5, 0.6) is 0 Å². The van der Waals surface area contributed by atoms with Gasteiger partial charge in [0, 0.05) is 0 Å². The zero-order valence-corrected chi connectivity index (χ0v) is 8.81. The van der Waals surface area contributed by atoms with Crippen LogP contribution in [0.15, 0.2) is 0 Å². The van der Waals surface area contributed by atoms with Crippen molar-refractivity contribution in [1.82, 2.24) is 4.90 Å². The summed E-state index contributed by atoms with van der Waals surface area (Å²) in [7, 11) is 0. The minimum Gasteiger partial charge on any atom is -0.480 e. The van der Waals surface area contributed by atoms with Gasteiger partial charge in [-0.3, -0.25) is 9.69 Å². The van der Waals surface area contributed by atoms with E-state index in [4.69, 9.17) is 5.11 Å². The molecule has 1 aliphatic rings. The Morgan fingerprint density at radius 1 is 1.43 bits per heavy atom. The Morgan fingerprint density at radius 2 is 1.93 bits per heavy atom. The van der Waals surface area contributed by atoms with E-state index in [9.17, 15) is 9.90 Å². The predicted molar refractivity (Wildman–Crippen MR) is 53.1 cm³/mol. The standard InChI is InChI=1S/C10H19NO3/c1-7-3-5-11(6-4-7)9(8(2)12)10(13)14/h7-9,12H,3-6H2,1-2H3,(H,13,14). The molecular weight excluding hydrogens is 182 g/mol. The highest BCUT2D eigenvalue weighted by Gasteiger charge is 2.31. The Labute approximate surface area is 84.5 Å². The third-order valence-electron chi connectivity index (χ3n) is 2.92. The summed E-state index contributed by atoms with van der Waals surface area (Å²) in [4.78, 5) is 12.8. The summed E-state index contributed by atoms with van der Waals surface area (Å²) < 4.78 is 0. The van der Waals surface area contributed by atoms with Crippen LogP contribution in [-0.4, -0.2) is 46.3 Å². The average molecular weight is 201 g/mol. The number of likely N-dealkylation sites (tertiary alicyclic amines) is 1. The molecule has 1 heterocycles. The second-order valence-electron chi connectivity index (χ2n) is 4.24. The van der Waals surface area contributed by atoms with Gasteiger partial charge in [-0.2, -0.15) is 0 Å². The fraction of sp³-hybridized carbons (Fsp3) is 0.900. The van der Waals surface area contributed by atoms with E-state index in [-0.39, 0.29) is 0 Å². The number of aliphatic carboxylic acids is 1. The molecule has 0 aromatic heterocycles. The molecule has 0 aromatic rings. The largest absolute Gasteiger partial charge is 0.480 e. The van der Waals surface area contributed by atoms with Gasteiger partial charge in [-0.1, -0.05) is 6.92 Å². The van der Waals surface area contributed by atoms with E-state index >= 15 is 0 Å². The highest BCUT2D eigenvalue weighted by molar-refractivity contribution is 5.74. The number of hydrogen-bond donors (Lipinski definition) is 2. The van der Waals surface area contributed by atoms with Crippen molar-refractivity contribution in [2.75, 3.05) is 13.1 Å². The maximum Gasteiger partial charge on any atom is 0.323 e. The van der Waals surface area contributed by atoms with Crippen LogP contribution in [0.4, 0.5) is 0 Å². The van der Waals surface area contributed by atoms with Crippen LogP contribution in [0.1, 0.15) is 26.7 Å². The van der Waals surface area contributed by atoms with Crippen LogP contribution in [0.3, 0.4) is 0 Å². The number of carboxylic acids is 1. The molecule has 0 amide bonds. The van der Waals surface area contributed by atoms with E-state index in [1.54, 1.807) is 0 Å². The van der Waals surface area contributed by atoms with Gasteiger partial charge < -0.3 is 10.2 Å². The molecule has 1 rings (SSSR count). The van der Waals surface area contributed by atoms with E-state index in [0.29, 0.717) is 5.92 Å². The first-order valence-electron chi connectivity index (χ1n) is 5.17. The van der Waals surface area contributed by atoms with Crippen molar-refractivity contribution in [3.05, 3.63) is 0 Å². The second-order valence-corrected chi connectivity index (χ2v) is 4.24. The first-order chi connectivity index (χ1) is 6.52. The summed E-state index contributed by atoms with van der Waals surface area (Å²) in [6.07, 6.45) is 1.24. The fourth-order valence-corrected chi connectivity index (χ4v) is 1.97. The van der Waals surface area contributed by atoms with Gasteiger partial charge in [-0.15, -0.1) is 0 Å². The molecule has 2 unspecified atom stereocenters. The van der Waals surface area contributed by atoms with Gasteiger partial charge in [0.2, 0.25) is 0 Å². The van der Waals surface area contributed by atoms with Gasteiger partial charge in [-0.25, -0.2) is 0 Å². The quantitative estimate of drug-likeness (QED) is 0.700. The predicted octanol–water partition coefficient (Wildman–Crippen LogP) is 0.552. The van der Waals surface area contributed by atoms with Crippen LogP contribution in [0, 0.1) is 5.92 Å². The van der Waals surface area contributed by atoms with Gasteiger partial charge in [0.05, 0.1) is 6.10 Å². The van der Waals surface area contributed by atoms with Crippen molar-refractivity contribution in [2.24, 2.45) is 5.92 Å². The van der Waals surface area contributed by atoms with Crippen LogP contribution in [0.25, 0.3) is 0 Å². The van der Waals surface area contributed by atoms with Gasteiger partial charge in [0.25, 0.3) is 0 Å². The molecule has 4 nitrogen and oxygen atoms in total. The van der Waals surface area contributed by atoms with Gasteiger partial charge in [0.15, 0.2) is 0 Å². The molecule has 0 bridgehead atoms. The molecule has 1 aliphatic heterocycles. The minimum absolute atomic E-state index is 0.676. The Balaban J connectivity index is 2.56. The summed E-state index contributed by atoms with van der Waals surface area (Å²) >= 11 is 0. The molecule has 0 radical (unpaired) electrons. The Morgan fingerprint density at radius 3 is 2.29 bits per heavy atom. The number of carbonyl (C=O) groups is 1. The van der Waals surface area contributed by atoms with Crippen LogP contribution < -0.4 is 0 Å². The lowest BCUT2D eigenvalue weighted by Gasteiger charge is -2.35. The summed E-state index contributed by atoms with van der Waals surface area (Å²) in [6.45, 7) is 5.28. The normalized spacial score (nSPS) is 24.5. The number of nitrogens with zero attached hydrogens (tertiary/aromatic N) is 1. The molecule has 82 valence electrons. The van der Waals surface area contributed by atoms with E-state index in [0.717, 1.165) is 25.9 Å².